The van der Waals surface area contributed by atoms with Gasteiger partial charge in [-0.05, 0) is 35.2 Å². The zero-order chi connectivity index (χ0) is 21.5. The predicted octanol–water partition coefficient (Wildman–Crippen LogP) is 3.88. The third-order valence-electron chi connectivity index (χ3n) is 4.87. The minimum atomic E-state index is -0.352. The van der Waals surface area contributed by atoms with Crippen LogP contribution in [0.15, 0.2) is 48.5 Å². The summed E-state index contributed by atoms with van der Waals surface area (Å²) in [6, 6.07) is 14.1. The highest BCUT2D eigenvalue weighted by Gasteiger charge is 2.35. The second-order valence-corrected chi connectivity index (χ2v) is 9.09. The van der Waals surface area contributed by atoms with Crippen LogP contribution in [0.1, 0.15) is 62.4 Å². The van der Waals surface area contributed by atoms with Gasteiger partial charge in [0, 0.05) is 5.56 Å². The van der Waals surface area contributed by atoms with Crippen molar-refractivity contribution < 1.29 is 14.4 Å². The molecule has 0 bridgehead atoms. The van der Waals surface area contributed by atoms with Crippen LogP contribution in [0.4, 0.5) is 5.13 Å². The fraction of sp³-hybridized carbons (Fsp3) is 0.227. The molecule has 7 nitrogen and oxygen atoms in total. The molecule has 0 saturated carbocycles. The molecule has 152 valence electrons. The second-order valence-electron chi connectivity index (χ2n) is 8.02. The van der Waals surface area contributed by atoms with Gasteiger partial charge in [-0.15, -0.1) is 10.2 Å². The topological polar surface area (TPSA) is 92.3 Å². The van der Waals surface area contributed by atoms with E-state index >= 15 is 0 Å². The predicted molar refractivity (Wildman–Crippen MR) is 114 cm³/mol. The van der Waals surface area contributed by atoms with Crippen LogP contribution in [0.5, 0.6) is 0 Å². The molecule has 1 aromatic heterocycles. The summed E-state index contributed by atoms with van der Waals surface area (Å²) in [5.74, 6) is -0.996. The van der Waals surface area contributed by atoms with Crippen LogP contribution in [0.25, 0.3) is 0 Å². The number of nitrogens with one attached hydrogen (secondary N) is 1. The quantitative estimate of drug-likeness (QED) is 0.647. The maximum Gasteiger partial charge on any atom is 0.261 e. The van der Waals surface area contributed by atoms with Crippen molar-refractivity contribution >= 4 is 34.2 Å². The van der Waals surface area contributed by atoms with Crippen LogP contribution in [-0.4, -0.2) is 32.8 Å². The molecule has 0 fully saturated rings. The zero-order valence-corrected chi connectivity index (χ0v) is 17.6. The number of imide groups is 1. The Balaban J connectivity index is 1.43. The Bertz CT molecular complexity index is 1110. The molecule has 0 aliphatic carbocycles. The smallest absolute Gasteiger partial charge is 0.261 e. The highest BCUT2D eigenvalue weighted by molar-refractivity contribution is 7.15. The molecular weight excluding hydrogens is 400 g/mol. The summed E-state index contributed by atoms with van der Waals surface area (Å²) < 4.78 is 0. The Morgan fingerprint density at radius 3 is 2.13 bits per heavy atom. The number of carbonyl (C=O) groups excluding carboxylic acids is 3. The van der Waals surface area contributed by atoms with Crippen molar-refractivity contribution in [1.82, 2.24) is 15.1 Å². The Morgan fingerprint density at radius 2 is 1.57 bits per heavy atom. The summed E-state index contributed by atoms with van der Waals surface area (Å²) in [6.07, 6.45) is 0. The normalized spacial score (nSPS) is 13.5. The number of hydrogen-bond donors (Lipinski definition) is 1. The van der Waals surface area contributed by atoms with E-state index in [0.717, 1.165) is 21.8 Å². The van der Waals surface area contributed by atoms with Gasteiger partial charge in [0.15, 0.2) is 0 Å². The number of fused-ring (bicyclic) bond motifs is 1. The van der Waals surface area contributed by atoms with Crippen LogP contribution < -0.4 is 5.32 Å². The van der Waals surface area contributed by atoms with E-state index in [1.807, 2.05) is 12.1 Å². The number of anilines is 1. The molecule has 3 amide bonds. The maximum atomic E-state index is 12.5. The molecule has 1 aliphatic heterocycles. The Morgan fingerprint density at radius 1 is 0.967 bits per heavy atom. The minimum Gasteiger partial charge on any atom is -0.296 e. The van der Waals surface area contributed by atoms with E-state index in [-0.39, 0.29) is 29.7 Å². The molecule has 1 N–H and O–H groups in total. The van der Waals surface area contributed by atoms with Crippen molar-refractivity contribution in [3.8, 4) is 0 Å². The number of hydrogen-bond acceptors (Lipinski definition) is 6. The molecule has 0 spiro atoms. The average molecular weight is 420 g/mol. The van der Waals surface area contributed by atoms with Gasteiger partial charge in [0.2, 0.25) is 5.13 Å². The number of amides is 3. The molecule has 0 atom stereocenters. The lowest BCUT2D eigenvalue weighted by molar-refractivity contribution is 0.0641. The summed E-state index contributed by atoms with van der Waals surface area (Å²) in [7, 11) is 0. The molecule has 8 heteroatoms. The van der Waals surface area contributed by atoms with Gasteiger partial charge in [0.25, 0.3) is 17.7 Å². The van der Waals surface area contributed by atoms with Crippen molar-refractivity contribution in [2.45, 2.75) is 32.7 Å². The van der Waals surface area contributed by atoms with Crippen LogP contribution in [-0.2, 0) is 12.0 Å². The van der Waals surface area contributed by atoms with Crippen LogP contribution in [0.3, 0.4) is 0 Å². The van der Waals surface area contributed by atoms with E-state index in [9.17, 15) is 14.4 Å². The standard InChI is InChI=1S/C22H20N4O3S/c1-22(2,3)14-10-8-13(9-11-14)18(27)23-21-25-24-17(30-21)12-26-19(28)15-6-4-5-7-16(15)20(26)29/h4-11H,12H2,1-3H3,(H,23,25,27). The number of benzene rings is 2. The van der Waals surface area contributed by atoms with Crippen LogP contribution in [0, 0.1) is 0 Å². The summed E-state index contributed by atoms with van der Waals surface area (Å²) in [4.78, 5) is 38.6. The molecule has 2 heterocycles. The van der Waals surface area contributed by atoms with Gasteiger partial charge in [-0.3, -0.25) is 24.6 Å². The number of rotatable bonds is 4. The Kier molecular flexibility index (Phi) is 4.95. The van der Waals surface area contributed by atoms with Gasteiger partial charge < -0.3 is 0 Å². The van der Waals surface area contributed by atoms with E-state index in [2.05, 4.69) is 36.3 Å². The van der Waals surface area contributed by atoms with Crippen LogP contribution >= 0.6 is 11.3 Å². The molecule has 3 aromatic rings. The van der Waals surface area contributed by atoms with Crippen molar-refractivity contribution in [1.29, 1.82) is 0 Å². The molecular formula is C22H20N4O3S. The van der Waals surface area contributed by atoms with E-state index in [0.29, 0.717) is 26.8 Å². The largest absolute Gasteiger partial charge is 0.296 e. The molecule has 0 radical (unpaired) electrons. The van der Waals surface area contributed by atoms with E-state index in [1.54, 1.807) is 36.4 Å². The molecule has 0 saturated heterocycles. The molecule has 2 aromatic carbocycles. The zero-order valence-electron chi connectivity index (χ0n) is 16.8. The SMILES string of the molecule is CC(C)(C)c1ccc(C(=O)Nc2nnc(CN3C(=O)c4ccccc4C3=O)s2)cc1. The number of carbonyl (C=O) groups is 3. The van der Waals surface area contributed by atoms with Crippen molar-refractivity contribution in [3.05, 3.63) is 75.8 Å². The summed E-state index contributed by atoms with van der Waals surface area (Å²) in [6.45, 7) is 6.35. The highest BCUT2D eigenvalue weighted by Crippen LogP contribution is 2.26. The van der Waals surface area contributed by atoms with Crippen molar-refractivity contribution in [2.75, 3.05) is 5.32 Å². The van der Waals surface area contributed by atoms with Gasteiger partial charge >= 0.3 is 0 Å². The minimum absolute atomic E-state index is 0.00718. The number of aromatic nitrogens is 2. The van der Waals surface area contributed by atoms with E-state index < -0.39 is 0 Å². The van der Waals surface area contributed by atoms with Gasteiger partial charge in [0.1, 0.15) is 5.01 Å². The second kappa shape index (κ2) is 7.46. The lowest BCUT2D eigenvalue weighted by Gasteiger charge is -2.18. The summed E-state index contributed by atoms with van der Waals surface area (Å²) in [5, 5.41) is 11.5. The Hall–Kier alpha value is -3.39. The maximum absolute atomic E-state index is 12.5. The first kappa shape index (κ1) is 19.9. The number of nitrogens with zero attached hydrogens (tertiary/aromatic N) is 3. The first-order valence-electron chi connectivity index (χ1n) is 9.43. The van der Waals surface area contributed by atoms with Crippen molar-refractivity contribution in [3.63, 3.8) is 0 Å². The van der Waals surface area contributed by atoms with E-state index in [4.69, 9.17) is 0 Å². The molecule has 4 rings (SSSR count). The first-order chi connectivity index (χ1) is 14.2. The van der Waals surface area contributed by atoms with Gasteiger partial charge in [-0.1, -0.05) is 56.4 Å². The third kappa shape index (κ3) is 3.73. The van der Waals surface area contributed by atoms with Gasteiger partial charge in [0.05, 0.1) is 17.7 Å². The van der Waals surface area contributed by atoms with Gasteiger partial charge in [-0.2, -0.15) is 0 Å². The third-order valence-corrected chi connectivity index (χ3v) is 5.70. The van der Waals surface area contributed by atoms with Gasteiger partial charge in [-0.25, -0.2) is 0 Å². The highest BCUT2D eigenvalue weighted by atomic mass is 32.1. The molecule has 1 aliphatic rings. The summed E-state index contributed by atoms with van der Waals surface area (Å²) >= 11 is 1.13. The average Bonchev–Trinajstić information content (AvgIpc) is 3.26. The van der Waals surface area contributed by atoms with E-state index in [1.165, 1.54) is 0 Å². The lowest BCUT2D eigenvalue weighted by atomic mass is 9.87. The molecule has 30 heavy (non-hydrogen) atoms. The lowest BCUT2D eigenvalue weighted by Crippen LogP contribution is -2.29. The van der Waals surface area contributed by atoms with Crippen LogP contribution in [0.2, 0.25) is 0 Å². The monoisotopic (exact) mass is 420 g/mol. The fourth-order valence-electron chi connectivity index (χ4n) is 3.18. The summed E-state index contributed by atoms with van der Waals surface area (Å²) in [5.41, 5.74) is 2.43. The fourth-order valence-corrected chi connectivity index (χ4v) is 3.90. The van der Waals surface area contributed by atoms with Crippen molar-refractivity contribution in [2.24, 2.45) is 0 Å². The Labute approximate surface area is 177 Å². The first-order valence-corrected chi connectivity index (χ1v) is 10.3. The molecule has 0 unspecified atom stereocenters.